The molecule has 1 atom stereocenters. The average molecular weight is 459 g/mol. The second-order valence-electron chi connectivity index (χ2n) is 7.65. The SMILES string of the molecule is COc1cccc(C=C(C(=O)OC(C)C(=O)NCc2ccc3c(c2)OCO3)c2ccccc2)c1. The predicted octanol–water partition coefficient (Wildman–Crippen LogP) is 4.21. The van der Waals surface area contributed by atoms with E-state index < -0.39 is 18.0 Å². The number of hydrogen-bond acceptors (Lipinski definition) is 6. The summed E-state index contributed by atoms with van der Waals surface area (Å²) in [7, 11) is 1.58. The number of ether oxygens (including phenoxy) is 4. The van der Waals surface area contributed by atoms with Gasteiger partial charge >= 0.3 is 5.97 Å². The van der Waals surface area contributed by atoms with E-state index in [1.165, 1.54) is 0 Å². The fourth-order valence-electron chi connectivity index (χ4n) is 3.44. The van der Waals surface area contributed by atoms with Gasteiger partial charge < -0.3 is 24.3 Å². The van der Waals surface area contributed by atoms with Crippen molar-refractivity contribution in [3.63, 3.8) is 0 Å². The van der Waals surface area contributed by atoms with Gasteiger partial charge in [0.05, 0.1) is 12.7 Å². The Hall–Kier alpha value is -4.26. The molecule has 1 amide bonds. The van der Waals surface area contributed by atoms with Crippen LogP contribution in [0.3, 0.4) is 0 Å². The van der Waals surface area contributed by atoms with E-state index in [-0.39, 0.29) is 13.3 Å². The molecule has 0 bridgehead atoms. The van der Waals surface area contributed by atoms with E-state index in [1.807, 2.05) is 66.7 Å². The van der Waals surface area contributed by atoms with Crippen LogP contribution in [0.15, 0.2) is 72.8 Å². The second-order valence-corrected chi connectivity index (χ2v) is 7.65. The first-order chi connectivity index (χ1) is 16.5. The van der Waals surface area contributed by atoms with Gasteiger partial charge in [-0.2, -0.15) is 0 Å². The van der Waals surface area contributed by atoms with Gasteiger partial charge in [-0.05, 0) is 54.0 Å². The van der Waals surface area contributed by atoms with Gasteiger partial charge in [0.1, 0.15) is 5.75 Å². The molecule has 4 rings (SSSR count). The van der Waals surface area contributed by atoms with E-state index >= 15 is 0 Å². The standard InChI is InChI=1S/C27H25NO6/c1-18(26(29)28-16-20-11-12-24-25(15-20)33-17-32-24)34-27(30)23(21-8-4-3-5-9-21)14-19-7-6-10-22(13-19)31-2/h3-15,18H,16-17H2,1-2H3,(H,28,29). The van der Waals surface area contributed by atoms with E-state index in [4.69, 9.17) is 18.9 Å². The fourth-order valence-corrected chi connectivity index (χ4v) is 3.44. The zero-order chi connectivity index (χ0) is 23.9. The Labute approximate surface area is 197 Å². The van der Waals surface area contributed by atoms with Crippen LogP contribution in [-0.4, -0.2) is 31.9 Å². The summed E-state index contributed by atoms with van der Waals surface area (Å²) < 4.78 is 21.5. The third-order valence-electron chi connectivity index (χ3n) is 5.27. The Morgan fingerprint density at radius 3 is 2.59 bits per heavy atom. The van der Waals surface area contributed by atoms with Crippen LogP contribution in [0.1, 0.15) is 23.6 Å². The normalized spacial score (nSPS) is 13.2. The lowest BCUT2D eigenvalue weighted by molar-refractivity contribution is -0.149. The van der Waals surface area contributed by atoms with Gasteiger partial charge in [0.2, 0.25) is 6.79 Å². The molecule has 7 heteroatoms. The summed E-state index contributed by atoms with van der Waals surface area (Å²) >= 11 is 0. The van der Waals surface area contributed by atoms with Crippen molar-refractivity contribution >= 4 is 23.5 Å². The summed E-state index contributed by atoms with van der Waals surface area (Å²) in [5.41, 5.74) is 2.64. The van der Waals surface area contributed by atoms with Crippen LogP contribution in [0.2, 0.25) is 0 Å². The highest BCUT2D eigenvalue weighted by Gasteiger charge is 2.22. The van der Waals surface area contributed by atoms with E-state index in [1.54, 1.807) is 26.2 Å². The highest BCUT2D eigenvalue weighted by atomic mass is 16.7. The minimum atomic E-state index is -0.987. The number of methoxy groups -OCH3 is 1. The molecule has 0 fully saturated rings. The molecule has 0 saturated carbocycles. The van der Waals surface area contributed by atoms with E-state index in [0.29, 0.717) is 28.4 Å². The van der Waals surface area contributed by atoms with E-state index in [2.05, 4.69) is 5.32 Å². The van der Waals surface area contributed by atoms with Crippen LogP contribution in [0, 0.1) is 0 Å². The van der Waals surface area contributed by atoms with E-state index in [9.17, 15) is 9.59 Å². The van der Waals surface area contributed by atoms with Gasteiger partial charge in [-0.1, -0.05) is 48.5 Å². The van der Waals surface area contributed by atoms with Crippen molar-refractivity contribution in [2.24, 2.45) is 0 Å². The molecule has 174 valence electrons. The molecule has 1 unspecified atom stereocenters. The van der Waals surface area contributed by atoms with Crippen LogP contribution in [0.4, 0.5) is 0 Å². The fraction of sp³-hybridized carbons (Fsp3) is 0.185. The van der Waals surface area contributed by atoms with Crippen LogP contribution in [-0.2, 0) is 20.9 Å². The molecule has 7 nitrogen and oxygen atoms in total. The second kappa shape index (κ2) is 10.6. The largest absolute Gasteiger partial charge is 0.497 e. The minimum Gasteiger partial charge on any atom is -0.497 e. The van der Waals surface area contributed by atoms with Crippen molar-refractivity contribution in [2.45, 2.75) is 19.6 Å². The van der Waals surface area contributed by atoms with Gasteiger partial charge in [-0.3, -0.25) is 4.79 Å². The van der Waals surface area contributed by atoms with Crippen molar-refractivity contribution in [2.75, 3.05) is 13.9 Å². The zero-order valence-electron chi connectivity index (χ0n) is 18.9. The number of amides is 1. The molecule has 1 aliphatic rings. The van der Waals surface area contributed by atoms with Crippen LogP contribution < -0.4 is 19.5 Å². The summed E-state index contributed by atoms with van der Waals surface area (Å²) in [6, 6.07) is 22.0. The van der Waals surface area contributed by atoms with Crippen molar-refractivity contribution < 1.29 is 28.5 Å². The van der Waals surface area contributed by atoms with Gasteiger partial charge in [-0.25, -0.2) is 4.79 Å². The molecule has 3 aromatic carbocycles. The van der Waals surface area contributed by atoms with Crippen LogP contribution >= 0.6 is 0 Å². The Morgan fingerprint density at radius 2 is 1.79 bits per heavy atom. The quantitative estimate of drug-likeness (QED) is 0.309. The summed E-state index contributed by atoms with van der Waals surface area (Å²) in [5, 5.41) is 2.79. The molecule has 34 heavy (non-hydrogen) atoms. The Kier molecular flexibility index (Phi) is 7.13. The molecule has 0 aliphatic carbocycles. The molecule has 1 aliphatic heterocycles. The Balaban J connectivity index is 1.45. The number of benzene rings is 3. The van der Waals surface area contributed by atoms with Crippen LogP contribution in [0.25, 0.3) is 11.6 Å². The first kappa shape index (κ1) is 22.9. The molecule has 0 saturated heterocycles. The third-order valence-corrected chi connectivity index (χ3v) is 5.27. The number of hydrogen-bond donors (Lipinski definition) is 1. The molecule has 0 spiro atoms. The zero-order valence-corrected chi connectivity index (χ0v) is 18.9. The number of carbonyl (C=O) groups is 2. The lowest BCUT2D eigenvalue weighted by Gasteiger charge is -2.15. The number of fused-ring (bicyclic) bond motifs is 1. The lowest BCUT2D eigenvalue weighted by Crippen LogP contribution is -2.35. The summed E-state index contributed by atoms with van der Waals surface area (Å²) in [6.45, 7) is 1.99. The van der Waals surface area contributed by atoms with Crippen molar-refractivity contribution in [1.82, 2.24) is 5.32 Å². The molecule has 0 aromatic heterocycles. The Morgan fingerprint density at radius 1 is 1.00 bits per heavy atom. The highest BCUT2D eigenvalue weighted by molar-refractivity contribution is 6.22. The molecular weight excluding hydrogens is 434 g/mol. The van der Waals surface area contributed by atoms with Crippen LogP contribution in [0.5, 0.6) is 17.2 Å². The summed E-state index contributed by atoms with van der Waals surface area (Å²) in [4.78, 5) is 25.7. The van der Waals surface area contributed by atoms with Crippen molar-refractivity contribution in [3.8, 4) is 17.2 Å². The maximum atomic E-state index is 13.1. The lowest BCUT2D eigenvalue weighted by atomic mass is 10.0. The Bertz CT molecular complexity index is 1200. The van der Waals surface area contributed by atoms with Gasteiger partial charge in [0, 0.05) is 6.54 Å². The maximum Gasteiger partial charge on any atom is 0.339 e. The molecular formula is C27H25NO6. The van der Waals surface area contributed by atoms with Crippen molar-refractivity contribution in [3.05, 3.63) is 89.5 Å². The molecule has 0 radical (unpaired) electrons. The highest BCUT2D eigenvalue weighted by Crippen LogP contribution is 2.32. The summed E-state index contributed by atoms with van der Waals surface area (Å²) in [6.07, 6.45) is 0.733. The number of carbonyl (C=O) groups excluding carboxylic acids is 2. The number of nitrogens with one attached hydrogen (secondary N) is 1. The number of esters is 1. The van der Waals surface area contributed by atoms with E-state index in [0.717, 1.165) is 11.1 Å². The summed E-state index contributed by atoms with van der Waals surface area (Å²) in [5.74, 6) is 0.986. The third kappa shape index (κ3) is 5.56. The smallest absolute Gasteiger partial charge is 0.339 e. The van der Waals surface area contributed by atoms with Crippen molar-refractivity contribution in [1.29, 1.82) is 0 Å². The van der Waals surface area contributed by atoms with Gasteiger partial charge in [0.25, 0.3) is 5.91 Å². The topological polar surface area (TPSA) is 83.1 Å². The molecule has 1 heterocycles. The average Bonchev–Trinajstić information content (AvgIpc) is 3.34. The monoisotopic (exact) mass is 459 g/mol. The first-order valence-corrected chi connectivity index (χ1v) is 10.8. The number of rotatable bonds is 8. The first-order valence-electron chi connectivity index (χ1n) is 10.8. The molecule has 1 N–H and O–H groups in total. The predicted molar refractivity (Wildman–Crippen MR) is 127 cm³/mol. The van der Waals surface area contributed by atoms with Gasteiger partial charge in [0.15, 0.2) is 17.6 Å². The molecule has 3 aromatic rings. The minimum absolute atomic E-state index is 0.186. The van der Waals surface area contributed by atoms with Gasteiger partial charge in [-0.15, -0.1) is 0 Å². The maximum absolute atomic E-state index is 13.1.